The number of anilines is 1. The molecule has 130 valence electrons. The molecule has 0 saturated heterocycles. The normalized spacial score (nSPS) is 11.0. The fourth-order valence-corrected chi connectivity index (χ4v) is 4.30. The zero-order valence-electron chi connectivity index (χ0n) is 13.3. The summed E-state index contributed by atoms with van der Waals surface area (Å²) in [5.41, 5.74) is 1.05. The van der Waals surface area contributed by atoms with Crippen LogP contribution in [-0.4, -0.2) is 15.5 Å². The third kappa shape index (κ3) is 3.16. The predicted octanol–water partition coefficient (Wildman–Crippen LogP) is 3.96. The summed E-state index contributed by atoms with van der Waals surface area (Å²) in [6, 6.07) is 9.32. The zero-order valence-corrected chi connectivity index (χ0v) is 14.9. The average molecular weight is 385 g/mol. The fourth-order valence-electron chi connectivity index (χ4n) is 2.58. The molecule has 1 N–H and O–H groups in total. The van der Waals surface area contributed by atoms with Crippen LogP contribution < -0.4 is 10.9 Å². The Kier molecular flexibility index (Phi) is 4.36. The quantitative estimate of drug-likeness (QED) is 0.578. The number of thiophene rings is 2. The molecule has 5 nitrogen and oxygen atoms in total. The molecule has 0 aliphatic carbocycles. The fraction of sp³-hybridized carbons (Fsp3) is 0.0556. The number of aromatic nitrogens is 2. The van der Waals surface area contributed by atoms with Crippen LogP contribution in [0.5, 0.6) is 0 Å². The Morgan fingerprint density at radius 2 is 2.00 bits per heavy atom. The summed E-state index contributed by atoms with van der Waals surface area (Å²) in [5.74, 6) is -0.764. The van der Waals surface area contributed by atoms with Crippen molar-refractivity contribution in [2.75, 3.05) is 5.32 Å². The topological polar surface area (TPSA) is 64.0 Å². The van der Waals surface area contributed by atoms with Crippen molar-refractivity contribution in [2.45, 2.75) is 6.54 Å². The van der Waals surface area contributed by atoms with Crippen LogP contribution in [0.2, 0.25) is 0 Å². The van der Waals surface area contributed by atoms with Gasteiger partial charge in [-0.25, -0.2) is 9.37 Å². The minimum atomic E-state index is -0.382. The van der Waals surface area contributed by atoms with E-state index in [1.165, 1.54) is 46.5 Å². The van der Waals surface area contributed by atoms with Gasteiger partial charge in [0, 0.05) is 21.5 Å². The molecule has 4 rings (SSSR count). The molecule has 0 fully saturated rings. The van der Waals surface area contributed by atoms with E-state index in [1.807, 2.05) is 22.9 Å². The number of hydrogen-bond acceptors (Lipinski definition) is 5. The minimum absolute atomic E-state index is 0.168. The Labute approximate surface area is 155 Å². The highest BCUT2D eigenvalue weighted by molar-refractivity contribution is 7.18. The molecule has 1 aromatic carbocycles. The number of benzene rings is 1. The Bertz CT molecular complexity index is 1130. The van der Waals surface area contributed by atoms with E-state index in [2.05, 4.69) is 10.3 Å². The highest BCUT2D eigenvalue weighted by atomic mass is 32.1. The van der Waals surface area contributed by atoms with Gasteiger partial charge in [-0.2, -0.15) is 0 Å². The lowest BCUT2D eigenvalue weighted by Gasteiger charge is -2.07. The summed E-state index contributed by atoms with van der Waals surface area (Å²) < 4.78 is 14.2. The SMILES string of the molecule is O=C(Cn1cnc2scc(-c3cccs3)c2c1=O)Nc1ccc(F)cc1. The van der Waals surface area contributed by atoms with Gasteiger partial charge in [-0.3, -0.25) is 14.2 Å². The molecule has 0 radical (unpaired) electrons. The maximum atomic E-state index is 12.9. The lowest BCUT2D eigenvalue weighted by molar-refractivity contribution is -0.116. The number of nitrogens with zero attached hydrogens (tertiary/aromatic N) is 2. The molecular formula is C18H12FN3O2S2. The first-order valence-corrected chi connectivity index (χ1v) is 9.43. The first-order valence-electron chi connectivity index (χ1n) is 7.68. The molecule has 3 heterocycles. The standard InChI is InChI=1S/C18H12FN3O2S2/c19-11-3-5-12(6-4-11)21-15(23)8-22-10-20-17-16(18(22)24)13(9-26-17)14-2-1-7-25-14/h1-7,9-10H,8H2,(H,21,23). The lowest BCUT2D eigenvalue weighted by Crippen LogP contribution is -2.27. The van der Waals surface area contributed by atoms with E-state index in [4.69, 9.17) is 0 Å². The van der Waals surface area contributed by atoms with Crippen molar-refractivity contribution >= 4 is 44.5 Å². The molecular weight excluding hydrogens is 373 g/mol. The number of fused-ring (bicyclic) bond motifs is 1. The molecule has 8 heteroatoms. The van der Waals surface area contributed by atoms with E-state index >= 15 is 0 Å². The van der Waals surface area contributed by atoms with Crippen LogP contribution >= 0.6 is 22.7 Å². The average Bonchev–Trinajstić information content (AvgIpc) is 3.29. The smallest absolute Gasteiger partial charge is 0.263 e. The summed E-state index contributed by atoms with van der Waals surface area (Å²) in [4.78, 5) is 31.0. The Hall–Kier alpha value is -2.84. The van der Waals surface area contributed by atoms with E-state index in [1.54, 1.807) is 11.3 Å². The van der Waals surface area contributed by atoms with Crippen LogP contribution in [0.4, 0.5) is 10.1 Å². The highest BCUT2D eigenvalue weighted by Crippen LogP contribution is 2.33. The second kappa shape index (κ2) is 6.81. The molecule has 0 spiro atoms. The number of carbonyl (C=O) groups excluding carboxylic acids is 1. The Morgan fingerprint density at radius 3 is 2.73 bits per heavy atom. The zero-order chi connectivity index (χ0) is 18.1. The molecule has 0 unspecified atom stereocenters. The summed E-state index contributed by atoms with van der Waals surface area (Å²) in [6.45, 7) is -0.168. The maximum absolute atomic E-state index is 12.9. The minimum Gasteiger partial charge on any atom is -0.325 e. The third-order valence-electron chi connectivity index (χ3n) is 3.79. The van der Waals surface area contributed by atoms with Crippen molar-refractivity contribution in [1.29, 1.82) is 0 Å². The van der Waals surface area contributed by atoms with Crippen molar-refractivity contribution in [3.8, 4) is 10.4 Å². The molecule has 26 heavy (non-hydrogen) atoms. The number of hydrogen-bond donors (Lipinski definition) is 1. The molecule has 0 bridgehead atoms. The predicted molar refractivity (Wildman–Crippen MR) is 102 cm³/mol. The van der Waals surface area contributed by atoms with E-state index in [0.29, 0.717) is 15.9 Å². The Balaban J connectivity index is 1.63. The van der Waals surface area contributed by atoms with Gasteiger partial charge in [0.25, 0.3) is 5.56 Å². The number of rotatable bonds is 4. The first kappa shape index (κ1) is 16.6. The number of carbonyl (C=O) groups is 1. The third-order valence-corrected chi connectivity index (χ3v) is 5.58. The maximum Gasteiger partial charge on any atom is 0.263 e. The van der Waals surface area contributed by atoms with Gasteiger partial charge in [0.15, 0.2) is 0 Å². The number of halogens is 1. The van der Waals surface area contributed by atoms with Gasteiger partial charge < -0.3 is 5.32 Å². The van der Waals surface area contributed by atoms with E-state index in [0.717, 1.165) is 10.4 Å². The number of nitrogens with one attached hydrogen (secondary N) is 1. The summed E-state index contributed by atoms with van der Waals surface area (Å²) in [6.07, 6.45) is 1.38. The lowest BCUT2D eigenvalue weighted by atomic mass is 10.2. The number of amides is 1. The van der Waals surface area contributed by atoms with Gasteiger partial charge in [0.05, 0.1) is 11.7 Å². The molecule has 3 aromatic heterocycles. The largest absolute Gasteiger partial charge is 0.325 e. The van der Waals surface area contributed by atoms with Crippen LogP contribution in [0.3, 0.4) is 0 Å². The Morgan fingerprint density at radius 1 is 1.19 bits per heavy atom. The highest BCUT2D eigenvalue weighted by Gasteiger charge is 2.15. The van der Waals surface area contributed by atoms with Crippen LogP contribution in [0.1, 0.15) is 0 Å². The second-order valence-electron chi connectivity index (χ2n) is 5.54. The van der Waals surface area contributed by atoms with Crippen LogP contribution in [0.15, 0.2) is 58.3 Å². The van der Waals surface area contributed by atoms with Gasteiger partial charge in [-0.15, -0.1) is 22.7 Å². The van der Waals surface area contributed by atoms with Crippen LogP contribution in [0, 0.1) is 5.82 Å². The van der Waals surface area contributed by atoms with E-state index in [-0.39, 0.29) is 23.8 Å². The van der Waals surface area contributed by atoms with Gasteiger partial charge >= 0.3 is 0 Å². The van der Waals surface area contributed by atoms with Crippen LogP contribution in [0.25, 0.3) is 20.7 Å². The first-order chi connectivity index (χ1) is 12.6. The summed E-state index contributed by atoms with van der Waals surface area (Å²) in [7, 11) is 0. The van der Waals surface area contributed by atoms with Gasteiger partial charge in [-0.05, 0) is 35.7 Å². The molecule has 4 aromatic rings. The molecule has 0 saturated carbocycles. The summed E-state index contributed by atoms with van der Waals surface area (Å²) >= 11 is 2.95. The van der Waals surface area contributed by atoms with E-state index in [9.17, 15) is 14.0 Å². The van der Waals surface area contributed by atoms with Crippen molar-refractivity contribution < 1.29 is 9.18 Å². The monoisotopic (exact) mass is 385 g/mol. The van der Waals surface area contributed by atoms with Gasteiger partial charge in [0.2, 0.25) is 5.91 Å². The van der Waals surface area contributed by atoms with Crippen molar-refractivity contribution in [3.63, 3.8) is 0 Å². The van der Waals surface area contributed by atoms with Crippen LogP contribution in [-0.2, 0) is 11.3 Å². The van der Waals surface area contributed by atoms with Gasteiger partial charge in [-0.1, -0.05) is 6.07 Å². The molecule has 0 atom stereocenters. The van der Waals surface area contributed by atoms with Crippen molar-refractivity contribution in [1.82, 2.24) is 9.55 Å². The molecule has 0 aliphatic heterocycles. The molecule has 0 aliphatic rings. The second-order valence-corrected chi connectivity index (χ2v) is 7.35. The van der Waals surface area contributed by atoms with E-state index < -0.39 is 0 Å². The molecule has 1 amide bonds. The van der Waals surface area contributed by atoms with Crippen molar-refractivity contribution in [3.05, 3.63) is 69.7 Å². The van der Waals surface area contributed by atoms with Crippen molar-refractivity contribution in [2.24, 2.45) is 0 Å². The summed E-state index contributed by atoms with van der Waals surface area (Å²) in [5, 5.41) is 7.02. The van der Waals surface area contributed by atoms with Gasteiger partial charge in [0.1, 0.15) is 17.2 Å².